The average molecular weight is 594 g/mol. The zero-order valence-corrected chi connectivity index (χ0v) is 24.7. The largest absolute Gasteiger partial charge is 0.508 e. The summed E-state index contributed by atoms with van der Waals surface area (Å²) in [6, 6.07) is 10.4. The van der Waals surface area contributed by atoms with Crippen LogP contribution in [0.4, 0.5) is 0 Å². The summed E-state index contributed by atoms with van der Waals surface area (Å²) >= 11 is 0. The van der Waals surface area contributed by atoms with Crippen molar-refractivity contribution >= 4 is 17.8 Å². The van der Waals surface area contributed by atoms with Crippen molar-refractivity contribution in [1.29, 1.82) is 5.41 Å². The Morgan fingerprint density at radius 1 is 1.05 bits per heavy atom. The molecule has 43 heavy (non-hydrogen) atoms. The second-order valence-corrected chi connectivity index (χ2v) is 10.6. The molecule has 1 heterocycles. The minimum Gasteiger partial charge on any atom is -0.508 e. The fourth-order valence-electron chi connectivity index (χ4n) is 4.76. The molecule has 0 aliphatic rings. The van der Waals surface area contributed by atoms with Crippen LogP contribution in [0, 0.1) is 19.3 Å². The maximum Gasteiger partial charge on any atom is 0.249 e. The van der Waals surface area contributed by atoms with Gasteiger partial charge >= 0.3 is 0 Å². The highest BCUT2D eigenvalue weighted by molar-refractivity contribution is 5.90. The molecular formula is C30H43N9O4. The molecule has 0 aliphatic carbocycles. The molecule has 0 aliphatic heterocycles. The van der Waals surface area contributed by atoms with Gasteiger partial charge in [-0.25, -0.2) is 0 Å². The lowest BCUT2D eigenvalue weighted by molar-refractivity contribution is -0.130. The van der Waals surface area contributed by atoms with E-state index in [1.165, 1.54) is 0 Å². The Bertz CT molecular complexity index is 1340. The third kappa shape index (κ3) is 10.4. The van der Waals surface area contributed by atoms with E-state index in [4.69, 9.17) is 27.1 Å². The smallest absolute Gasteiger partial charge is 0.249 e. The van der Waals surface area contributed by atoms with Gasteiger partial charge in [-0.2, -0.15) is 4.98 Å². The van der Waals surface area contributed by atoms with Gasteiger partial charge in [0.05, 0.1) is 6.04 Å². The van der Waals surface area contributed by atoms with Crippen molar-refractivity contribution in [3.63, 3.8) is 0 Å². The zero-order chi connectivity index (χ0) is 31.4. The molecule has 1 aromatic heterocycles. The van der Waals surface area contributed by atoms with Gasteiger partial charge in [-0.1, -0.05) is 35.5 Å². The first kappa shape index (κ1) is 33.0. The first-order valence-corrected chi connectivity index (χ1v) is 14.4. The van der Waals surface area contributed by atoms with Gasteiger partial charge in [0.25, 0.3) is 0 Å². The number of guanidine groups is 1. The number of carbonyl (C=O) groups is 2. The third-order valence-corrected chi connectivity index (χ3v) is 7.08. The fourth-order valence-corrected chi connectivity index (χ4v) is 4.76. The summed E-state index contributed by atoms with van der Waals surface area (Å²) in [7, 11) is 0. The Labute approximate surface area is 251 Å². The molecule has 3 atom stereocenters. The molecule has 2 aromatic carbocycles. The highest BCUT2D eigenvalue weighted by atomic mass is 16.5. The third-order valence-electron chi connectivity index (χ3n) is 7.08. The number of rotatable bonds is 16. The number of phenolic OH excluding ortho intramolecular Hbond substituents is 1. The first-order chi connectivity index (χ1) is 20.6. The molecule has 13 nitrogen and oxygen atoms in total. The number of nitrogens with zero attached hydrogens (tertiary/aromatic N) is 2. The van der Waals surface area contributed by atoms with Crippen LogP contribution in [-0.2, 0) is 22.4 Å². The maximum atomic E-state index is 13.8. The van der Waals surface area contributed by atoms with Crippen molar-refractivity contribution in [3.05, 3.63) is 76.4 Å². The summed E-state index contributed by atoms with van der Waals surface area (Å²) < 4.78 is 5.59. The Morgan fingerprint density at radius 3 is 2.40 bits per heavy atom. The predicted octanol–water partition coefficient (Wildman–Crippen LogP) is 1.20. The summed E-state index contributed by atoms with van der Waals surface area (Å²) in [5.41, 5.74) is 20.5. The topological polar surface area (TPSA) is 231 Å². The van der Waals surface area contributed by atoms with Crippen LogP contribution in [-0.4, -0.2) is 58.2 Å². The van der Waals surface area contributed by atoms with E-state index in [1.54, 1.807) is 12.1 Å². The molecule has 3 rings (SSSR count). The first-order valence-electron chi connectivity index (χ1n) is 14.4. The number of amides is 2. The van der Waals surface area contributed by atoms with Crippen LogP contribution in [0.25, 0.3) is 0 Å². The molecule has 3 unspecified atom stereocenters. The normalized spacial score (nSPS) is 13.1. The van der Waals surface area contributed by atoms with Crippen molar-refractivity contribution in [1.82, 2.24) is 26.1 Å². The summed E-state index contributed by atoms with van der Waals surface area (Å²) in [4.78, 5) is 31.5. The number of benzene rings is 2. The molecule has 0 spiro atoms. The van der Waals surface area contributed by atoms with E-state index in [-0.39, 0.29) is 37.0 Å². The molecule has 0 saturated carbocycles. The minimum atomic E-state index is -0.995. The van der Waals surface area contributed by atoms with E-state index in [0.717, 1.165) is 28.7 Å². The summed E-state index contributed by atoms with van der Waals surface area (Å²) in [5.74, 6) is -0.324. The zero-order valence-electron chi connectivity index (χ0n) is 24.7. The second kappa shape index (κ2) is 16.2. The van der Waals surface area contributed by atoms with E-state index in [1.807, 2.05) is 44.2 Å². The van der Waals surface area contributed by atoms with Crippen LogP contribution >= 0.6 is 0 Å². The van der Waals surface area contributed by atoms with Gasteiger partial charge in [-0.3, -0.25) is 15.0 Å². The maximum absolute atomic E-state index is 13.8. The summed E-state index contributed by atoms with van der Waals surface area (Å²) in [5, 5.41) is 29.8. The van der Waals surface area contributed by atoms with Gasteiger partial charge < -0.3 is 42.8 Å². The number of aryl methyl sites for hydroxylation is 2. The molecule has 0 bridgehead atoms. The number of hydrogen-bond acceptors (Lipinski definition) is 9. The predicted molar refractivity (Wildman–Crippen MR) is 163 cm³/mol. The highest BCUT2D eigenvalue weighted by Gasteiger charge is 2.29. The van der Waals surface area contributed by atoms with Gasteiger partial charge in [0.1, 0.15) is 17.8 Å². The Kier molecular flexibility index (Phi) is 12.5. The number of aromatic nitrogens is 2. The lowest BCUT2D eigenvalue weighted by Gasteiger charge is -2.24. The Morgan fingerprint density at radius 2 is 1.74 bits per heavy atom. The quantitative estimate of drug-likeness (QED) is 0.0671. The van der Waals surface area contributed by atoms with E-state index in [2.05, 4.69) is 26.1 Å². The molecule has 13 heteroatoms. The molecular weight excluding hydrogens is 550 g/mol. The minimum absolute atomic E-state index is 0.117. The van der Waals surface area contributed by atoms with E-state index >= 15 is 0 Å². The van der Waals surface area contributed by atoms with Crippen LogP contribution in [0.5, 0.6) is 5.75 Å². The van der Waals surface area contributed by atoms with Crippen LogP contribution in [0.3, 0.4) is 0 Å². The van der Waals surface area contributed by atoms with E-state index in [9.17, 15) is 14.7 Å². The van der Waals surface area contributed by atoms with Crippen molar-refractivity contribution in [2.75, 3.05) is 13.1 Å². The van der Waals surface area contributed by atoms with Gasteiger partial charge in [-0.15, -0.1) is 0 Å². The average Bonchev–Trinajstić information content (AvgIpc) is 3.42. The molecule has 11 N–H and O–H groups in total. The Balaban J connectivity index is 1.83. The number of aromatic hydroxyl groups is 1. The molecule has 0 radical (unpaired) electrons. The summed E-state index contributed by atoms with van der Waals surface area (Å²) in [6.45, 7) is 4.39. The van der Waals surface area contributed by atoms with Crippen LogP contribution in [0.1, 0.15) is 65.7 Å². The SMILES string of the molecule is Cc1cc(O)cc(C)c1CC(NC(=O)C(N)CCNC(=N)N)C(=O)NC(CCCCN)c1nc(Cc2ccccc2)no1. The van der Waals surface area contributed by atoms with Crippen molar-refractivity contribution in [3.8, 4) is 5.75 Å². The highest BCUT2D eigenvalue weighted by Crippen LogP contribution is 2.23. The monoisotopic (exact) mass is 593 g/mol. The van der Waals surface area contributed by atoms with Crippen LogP contribution in [0.15, 0.2) is 47.0 Å². The number of hydrogen-bond donors (Lipinski definition) is 8. The van der Waals surface area contributed by atoms with E-state index in [0.29, 0.717) is 31.6 Å². The molecule has 232 valence electrons. The van der Waals surface area contributed by atoms with Gasteiger partial charge in [-0.05, 0) is 80.5 Å². The van der Waals surface area contributed by atoms with Gasteiger partial charge in [0.2, 0.25) is 17.7 Å². The second-order valence-electron chi connectivity index (χ2n) is 10.6. The number of carbonyl (C=O) groups excluding carboxylic acids is 2. The molecule has 3 aromatic rings. The fraction of sp³-hybridized carbons (Fsp3) is 0.433. The Hall–Kier alpha value is -4.49. The van der Waals surface area contributed by atoms with Gasteiger partial charge in [0.15, 0.2) is 11.8 Å². The number of phenols is 1. The van der Waals surface area contributed by atoms with Crippen molar-refractivity contribution < 1.29 is 19.2 Å². The standard InChI is InChI=1S/C30H43N9O4/c1-18-14-21(40)15-19(2)22(18)17-25(37-27(41)23(32)11-13-35-30(33)34)28(42)36-24(10-6-7-12-31)29-38-26(39-43-29)16-20-8-4-3-5-9-20/h3-5,8-9,14-15,23-25,40H,6-7,10-13,16-17,31-32H2,1-2H3,(H,36,42)(H,37,41)(H4,33,34,35). The van der Waals surface area contributed by atoms with E-state index < -0.39 is 29.9 Å². The molecule has 0 fully saturated rings. The lowest BCUT2D eigenvalue weighted by atomic mass is 9.95. The van der Waals surface area contributed by atoms with Crippen LogP contribution in [0.2, 0.25) is 0 Å². The number of nitrogens with one attached hydrogen (secondary N) is 4. The lowest BCUT2D eigenvalue weighted by Crippen LogP contribution is -2.53. The van der Waals surface area contributed by atoms with Crippen molar-refractivity contribution in [2.45, 2.75) is 70.5 Å². The van der Waals surface area contributed by atoms with Crippen LogP contribution < -0.4 is 33.2 Å². The number of unbranched alkanes of at least 4 members (excludes halogenated alkanes) is 1. The summed E-state index contributed by atoms with van der Waals surface area (Å²) in [6.07, 6.45) is 2.79. The molecule has 0 saturated heterocycles. The van der Waals surface area contributed by atoms with Crippen molar-refractivity contribution in [2.24, 2.45) is 17.2 Å². The number of nitrogens with two attached hydrogens (primary N) is 3. The van der Waals surface area contributed by atoms with Gasteiger partial charge in [0, 0.05) is 19.4 Å². The molecule has 2 amide bonds.